The fraction of sp³-hybridized carbons (Fsp3) is 0.733. The summed E-state index contributed by atoms with van der Waals surface area (Å²) in [6.07, 6.45) is 5.00. The van der Waals surface area contributed by atoms with Crippen molar-refractivity contribution in [1.82, 2.24) is 9.88 Å². The lowest BCUT2D eigenvalue weighted by Crippen LogP contribution is -2.53. The molecule has 1 saturated carbocycles. The standard InChI is InChI=1S/C15H22N2O2S/c1-10-13(20-11(2)16-10)14(18)17-8-6-15(7-9-17)5-4-12(15)19-3/h12H,4-9H2,1-3H3. The van der Waals surface area contributed by atoms with E-state index in [1.54, 1.807) is 0 Å². The average Bonchev–Trinajstić information content (AvgIpc) is 2.76. The number of aromatic nitrogens is 1. The van der Waals surface area contributed by atoms with Gasteiger partial charge in [-0.2, -0.15) is 0 Å². The molecule has 2 heterocycles. The zero-order chi connectivity index (χ0) is 14.3. The van der Waals surface area contributed by atoms with Crippen LogP contribution in [0.2, 0.25) is 0 Å². The maximum atomic E-state index is 12.6. The third kappa shape index (κ3) is 2.17. The van der Waals surface area contributed by atoms with Crippen molar-refractivity contribution in [2.45, 2.75) is 45.6 Å². The first-order valence-corrected chi connectivity index (χ1v) is 8.13. The lowest BCUT2D eigenvalue weighted by atomic mass is 9.61. The SMILES string of the molecule is COC1CCC12CCN(C(=O)c1sc(C)nc1C)CC2. The van der Waals surface area contributed by atoms with E-state index in [0.717, 1.165) is 41.5 Å². The van der Waals surface area contributed by atoms with Gasteiger partial charge < -0.3 is 9.64 Å². The summed E-state index contributed by atoms with van der Waals surface area (Å²) in [5.41, 5.74) is 1.22. The number of thiazole rings is 1. The highest BCUT2D eigenvalue weighted by atomic mass is 32.1. The van der Waals surface area contributed by atoms with Gasteiger partial charge >= 0.3 is 0 Å². The van der Waals surface area contributed by atoms with Crippen LogP contribution >= 0.6 is 11.3 Å². The molecule has 0 N–H and O–H groups in total. The predicted molar refractivity (Wildman–Crippen MR) is 79.2 cm³/mol. The smallest absolute Gasteiger partial charge is 0.265 e. The fourth-order valence-electron chi connectivity index (χ4n) is 3.64. The molecule has 0 aromatic carbocycles. The average molecular weight is 294 g/mol. The van der Waals surface area contributed by atoms with Gasteiger partial charge in [0.2, 0.25) is 0 Å². The number of ether oxygens (including phenoxy) is 1. The van der Waals surface area contributed by atoms with Crippen molar-refractivity contribution in [2.75, 3.05) is 20.2 Å². The van der Waals surface area contributed by atoms with Crippen molar-refractivity contribution in [3.8, 4) is 0 Å². The van der Waals surface area contributed by atoms with Gasteiger partial charge in [0.1, 0.15) is 4.88 Å². The Labute approximate surface area is 124 Å². The van der Waals surface area contributed by atoms with Gasteiger partial charge in [0.05, 0.1) is 16.8 Å². The molecule has 1 aliphatic heterocycles. The summed E-state index contributed by atoms with van der Waals surface area (Å²) in [7, 11) is 1.81. The van der Waals surface area contributed by atoms with Crippen molar-refractivity contribution in [3.63, 3.8) is 0 Å². The molecule has 2 fully saturated rings. The predicted octanol–water partition coefficient (Wildman–Crippen LogP) is 2.79. The molecule has 1 unspecified atom stereocenters. The number of carbonyl (C=O) groups excluding carboxylic acids is 1. The van der Waals surface area contributed by atoms with E-state index >= 15 is 0 Å². The second-order valence-electron chi connectivity index (χ2n) is 6.07. The minimum absolute atomic E-state index is 0.163. The van der Waals surface area contributed by atoms with Crippen molar-refractivity contribution in [1.29, 1.82) is 0 Å². The molecule has 0 radical (unpaired) electrons. The number of carbonyl (C=O) groups is 1. The van der Waals surface area contributed by atoms with Gasteiger partial charge in [-0.3, -0.25) is 4.79 Å². The van der Waals surface area contributed by atoms with Gasteiger partial charge in [-0.15, -0.1) is 11.3 Å². The zero-order valence-electron chi connectivity index (χ0n) is 12.4. The molecule has 1 aromatic heterocycles. The van der Waals surface area contributed by atoms with Crippen molar-refractivity contribution >= 4 is 17.2 Å². The monoisotopic (exact) mass is 294 g/mol. The van der Waals surface area contributed by atoms with Gasteiger partial charge in [0.25, 0.3) is 5.91 Å². The number of aryl methyl sites for hydroxylation is 2. The number of methoxy groups -OCH3 is 1. The Balaban J connectivity index is 1.66. The first kappa shape index (κ1) is 14.0. The van der Waals surface area contributed by atoms with Crippen LogP contribution in [0.4, 0.5) is 0 Å². The molecule has 4 nitrogen and oxygen atoms in total. The molecule has 1 amide bonds. The maximum absolute atomic E-state index is 12.6. The largest absolute Gasteiger partial charge is 0.381 e. The number of amides is 1. The summed E-state index contributed by atoms with van der Waals surface area (Å²) >= 11 is 1.51. The Morgan fingerprint density at radius 1 is 1.35 bits per heavy atom. The zero-order valence-corrected chi connectivity index (χ0v) is 13.3. The summed E-state index contributed by atoms with van der Waals surface area (Å²) < 4.78 is 5.57. The van der Waals surface area contributed by atoms with E-state index in [2.05, 4.69) is 4.98 Å². The first-order valence-electron chi connectivity index (χ1n) is 7.32. The second kappa shape index (κ2) is 5.11. The molecule has 1 aromatic rings. The van der Waals surface area contributed by atoms with Crippen LogP contribution in [0.3, 0.4) is 0 Å². The highest BCUT2D eigenvalue weighted by Gasteiger charge is 2.49. The molecule has 2 aliphatic rings. The van der Waals surface area contributed by atoms with Crippen LogP contribution in [0.1, 0.15) is 46.1 Å². The summed E-state index contributed by atoms with van der Waals surface area (Å²) in [5.74, 6) is 0.163. The third-order valence-electron chi connectivity index (χ3n) is 5.02. The van der Waals surface area contributed by atoms with Crippen LogP contribution in [0, 0.1) is 19.3 Å². The van der Waals surface area contributed by atoms with Crippen molar-refractivity contribution in [2.24, 2.45) is 5.41 Å². The number of likely N-dealkylation sites (tertiary alicyclic amines) is 1. The number of hydrogen-bond donors (Lipinski definition) is 0. The van der Waals surface area contributed by atoms with Crippen molar-refractivity contribution < 1.29 is 9.53 Å². The Morgan fingerprint density at radius 3 is 2.50 bits per heavy atom. The summed E-state index contributed by atoms with van der Waals surface area (Å²) in [4.78, 5) is 19.7. The Bertz CT molecular complexity index is 516. The van der Waals surface area contributed by atoms with E-state index in [4.69, 9.17) is 4.74 Å². The molecule has 1 spiro atoms. The highest BCUT2D eigenvalue weighted by Crippen LogP contribution is 2.50. The Kier molecular flexibility index (Phi) is 3.58. The maximum Gasteiger partial charge on any atom is 0.265 e. The lowest BCUT2D eigenvalue weighted by molar-refractivity contribution is -0.116. The Hall–Kier alpha value is -0.940. The van der Waals surface area contributed by atoms with Crippen LogP contribution in [-0.2, 0) is 4.74 Å². The molecule has 1 saturated heterocycles. The highest BCUT2D eigenvalue weighted by molar-refractivity contribution is 7.13. The van der Waals surface area contributed by atoms with Crippen LogP contribution in [0.15, 0.2) is 0 Å². The quantitative estimate of drug-likeness (QED) is 0.842. The van der Waals surface area contributed by atoms with Gasteiger partial charge in [0, 0.05) is 25.6 Å². The second-order valence-corrected chi connectivity index (χ2v) is 7.27. The van der Waals surface area contributed by atoms with Crippen LogP contribution in [0.5, 0.6) is 0 Å². The van der Waals surface area contributed by atoms with E-state index in [1.807, 2.05) is 25.9 Å². The summed E-state index contributed by atoms with van der Waals surface area (Å²) in [6.45, 7) is 5.59. The molecular weight excluding hydrogens is 272 g/mol. The van der Waals surface area contributed by atoms with E-state index in [1.165, 1.54) is 24.2 Å². The lowest BCUT2D eigenvalue weighted by Gasteiger charge is -2.53. The third-order valence-corrected chi connectivity index (χ3v) is 6.08. The van der Waals surface area contributed by atoms with Crippen LogP contribution < -0.4 is 0 Å². The topological polar surface area (TPSA) is 42.4 Å². The van der Waals surface area contributed by atoms with Crippen LogP contribution in [-0.4, -0.2) is 42.1 Å². The van der Waals surface area contributed by atoms with Gasteiger partial charge in [-0.05, 0) is 39.5 Å². The molecule has 3 rings (SSSR count). The summed E-state index contributed by atoms with van der Waals surface area (Å²) in [6, 6.07) is 0. The van der Waals surface area contributed by atoms with Crippen molar-refractivity contribution in [3.05, 3.63) is 15.6 Å². The molecular formula is C15H22N2O2S. The minimum Gasteiger partial charge on any atom is -0.381 e. The van der Waals surface area contributed by atoms with E-state index in [0.29, 0.717) is 11.5 Å². The number of rotatable bonds is 2. The van der Waals surface area contributed by atoms with Gasteiger partial charge in [0.15, 0.2) is 0 Å². The molecule has 5 heteroatoms. The van der Waals surface area contributed by atoms with E-state index in [9.17, 15) is 4.79 Å². The molecule has 20 heavy (non-hydrogen) atoms. The first-order chi connectivity index (χ1) is 9.55. The normalized spacial score (nSPS) is 24.8. The fourth-order valence-corrected chi connectivity index (χ4v) is 4.53. The van der Waals surface area contributed by atoms with E-state index in [-0.39, 0.29) is 5.91 Å². The number of hydrogen-bond acceptors (Lipinski definition) is 4. The minimum atomic E-state index is 0.163. The van der Waals surface area contributed by atoms with E-state index < -0.39 is 0 Å². The number of piperidine rings is 1. The molecule has 110 valence electrons. The molecule has 0 bridgehead atoms. The van der Waals surface area contributed by atoms with Crippen LogP contribution in [0.25, 0.3) is 0 Å². The molecule has 1 aliphatic carbocycles. The van der Waals surface area contributed by atoms with Gasteiger partial charge in [-0.25, -0.2) is 4.98 Å². The Morgan fingerprint density at radius 2 is 2.05 bits per heavy atom. The molecule has 1 atom stereocenters. The van der Waals surface area contributed by atoms with Gasteiger partial charge in [-0.1, -0.05) is 0 Å². The summed E-state index contributed by atoms with van der Waals surface area (Å²) in [5, 5.41) is 0.970. The number of nitrogens with zero attached hydrogens (tertiary/aromatic N) is 2.